The molecule has 3 aliphatic rings. The van der Waals surface area contributed by atoms with E-state index in [9.17, 15) is 14.4 Å². The molecule has 8 heteroatoms. The van der Waals surface area contributed by atoms with E-state index in [2.05, 4.69) is 12.2 Å². The Hall–Kier alpha value is -1.67. The standard InChI is InChI=1S/C22H36N2O6/c1-5-9-14(3)23-18(26)17-22-11-10-21(4,30-22)16(20(28)29-6-2)15(22)19(27)24(17)12-7-8-13-25/h14-17,25H,5-13H2,1-4H3,(H,23,26)/t14?,15-,16-,17?,21+,22?/m0/s1. The lowest BCUT2D eigenvalue weighted by Gasteiger charge is -2.34. The van der Waals surface area contributed by atoms with E-state index in [-0.39, 0.29) is 31.1 Å². The van der Waals surface area contributed by atoms with E-state index in [1.165, 1.54) is 0 Å². The molecule has 3 fully saturated rings. The second kappa shape index (κ2) is 8.83. The number of esters is 1. The summed E-state index contributed by atoms with van der Waals surface area (Å²) in [6.45, 7) is 8.24. The van der Waals surface area contributed by atoms with Gasteiger partial charge in [0.15, 0.2) is 0 Å². The van der Waals surface area contributed by atoms with Gasteiger partial charge in [0.1, 0.15) is 17.6 Å². The quantitative estimate of drug-likeness (QED) is 0.406. The Morgan fingerprint density at radius 2 is 2.07 bits per heavy atom. The number of nitrogens with zero attached hydrogens (tertiary/aromatic N) is 1. The Morgan fingerprint density at radius 1 is 1.33 bits per heavy atom. The van der Waals surface area contributed by atoms with Gasteiger partial charge in [0.2, 0.25) is 11.8 Å². The lowest BCUT2D eigenvalue weighted by Crippen LogP contribution is -2.56. The van der Waals surface area contributed by atoms with Crippen LogP contribution in [0.2, 0.25) is 0 Å². The molecule has 170 valence electrons. The molecule has 3 heterocycles. The summed E-state index contributed by atoms with van der Waals surface area (Å²) >= 11 is 0. The second-order valence-electron chi connectivity index (χ2n) is 9.14. The summed E-state index contributed by atoms with van der Waals surface area (Å²) in [5.74, 6) is -2.26. The molecule has 2 N–H and O–H groups in total. The molecule has 0 radical (unpaired) electrons. The number of ether oxygens (including phenoxy) is 2. The molecule has 0 aromatic rings. The van der Waals surface area contributed by atoms with Crippen LogP contribution < -0.4 is 5.32 Å². The molecule has 3 unspecified atom stereocenters. The summed E-state index contributed by atoms with van der Waals surface area (Å²) in [6.07, 6.45) is 4.09. The topological polar surface area (TPSA) is 105 Å². The summed E-state index contributed by atoms with van der Waals surface area (Å²) < 4.78 is 11.8. The summed E-state index contributed by atoms with van der Waals surface area (Å²) in [5.41, 5.74) is -1.80. The maximum atomic E-state index is 13.5. The third-order valence-corrected chi connectivity index (χ3v) is 6.98. The van der Waals surface area contributed by atoms with Crippen molar-refractivity contribution < 1.29 is 29.0 Å². The van der Waals surface area contributed by atoms with Gasteiger partial charge in [0.25, 0.3) is 0 Å². The first-order valence-electron chi connectivity index (χ1n) is 11.3. The predicted molar refractivity (Wildman–Crippen MR) is 109 cm³/mol. The number of carbonyl (C=O) groups excluding carboxylic acids is 3. The lowest BCUT2D eigenvalue weighted by molar-refractivity contribution is -0.159. The molecule has 3 saturated heterocycles. The van der Waals surface area contributed by atoms with E-state index in [1.54, 1.807) is 11.8 Å². The van der Waals surface area contributed by atoms with Crippen molar-refractivity contribution in [2.45, 2.75) is 89.5 Å². The first-order valence-corrected chi connectivity index (χ1v) is 11.3. The van der Waals surface area contributed by atoms with Crippen LogP contribution in [0.25, 0.3) is 0 Å². The van der Waals surface area contributed by atoms with Crippen LogP contribution in [0.4, 0.5) is 0 Å². The van der Waals surface area contributed by atoms with Crippen molar-refractivity contribution in [3.63, 3.8) is 0 Å². The summed E-state index contributed by atoms with van der Waals surface area (Å²) in [5, 5.41) is 12.2. The number of carbonyl (C=O) groups is 3. The zero-order valence-electron chi connectivity index (χ0n) is 18.6. The molecular formula is C22H36N2O6. The van der Waals surface area contributed by atoms with Gasteiger partial charge in [-0.2, -0.15) is 0 Å². The van der Waals surface area contributed by atoms with Crippen LogP contribution in [0.1, 0.15) is 66.2 Å². The molecule has 1 spiro atoms. The Balaban J connectivity index is 1.95. The number of hydrogen-bond donors (Lipinski definition) is 2. The fourth-order valence-corrected chi connectivity index (χ4v) is 5.78. The zero-order chi connectivity index (χ0) is 22.1. The lowest BCUT2D eigenvalue weighted by atomic mass is 9.66. The fraction of sp³-hybridized carbons (Fsp3) is 0.864. The number of aliphatic hydroxyl groups excluding tert-OH is 1. The molecular weight excluding hydrogens is 388 g/mol. The number of fused-ring (bicyclic) bond motifs is 1. The molecule has 2 amide bonds. The van der Waals surface area contributed by atoms with Crippen LogP contribution in [0.5, 0.6) is 0 Å². The fourth-order valence-electron chi connectivity index (χ4n) is 5.78. The molecule has 0 saturated carbocycles. The average molecular weight is 425 g/mol. The minimum Gasteiger partial charge on any atom is -0.466 e. The van der Waals surface area contributed by atoms with Crippen LogP contribution in [-0.2, 0) is 23.9 Å². The van der Waals surface area contributed by atoms with Crippen LogP contribution in [0.3, 0.4) is 0 Å². The van der Waals surface area contributed by atoms with Crippen LogP contribution in [-0.4, -0.2) is 70.8 Å². The first-order chi connectivity index (χ1) is 14.3. The minimum absolute atomic E-state index is 0.0117. The summed E-state index contributed by atoms with van der Waals surface area (Å²) in [6, 6.07) is -0.781. The maximum absolute atomic E-state index is 13.5. The van der Waals surface area contributed by atoms with Gasteiger partial charge in [-0.05, 0) is 52.9 Å². The number of rotatable bonds is 10. The van der Waals surface area contributed by atoms with Gasteiger partial charge in [-0.3, -0.25) is 14.4 Å². The predicted octanol–water partition coefficient (Wildman–Crippen LogP) is 1.39. The number of aliphatic hydroxyl groups is 1. The number of unbranched alkanes of at least 4 members (excludes halogenated alkanes) is 1. The normalized spacial score (nSPS) is 35.4. The van der Waals surface area contributed by atoms with E-state index in [0.717, 1.165) is 12.8 Å². The molecule has 0 aromatic carbocycles. The van der Waals surface area contributed by atoms with E-state index in [1.807, 2.05) is 13.8 Å². The van der Waals surface area contributed by atoms with Crippen molar-refractivity contribution in [2.75, 3.05) is 19.8 Å². The maximum Gasteiger partial charge on any atom is 0.312 e. The highest BCUT2D eigenvalue weighted by molar-refractivity contribution is 5.98. The Kier molecular flexibility index (Phi) is 6.77. The first kappa shape index (κ1) is 23.0. The van der Waals surface area contributed by atoms with Crippen molar-refractivity contribution in [3.05, 3.63) is 0 Å². The SMILES string of the molecule is CCCC(C)NC(=O)C1N(CCCCO)C(=O)[C@@H]2[C@@H](C(=O)OCC)[C@@]3(C)CCC12O3. The highest BCUT2D eigenvalue weighted by atomic mass is 16.6. The number of amides is 2. The average Bonchev–Trinajstić information content (AvgIpc) is 3.23. The van der Waals surface area contributed by atoms with Gasteiger partial charge in [-0.25, -0.2) is 0 Å². The molecule has 3 rings (SSSR count). The van der Waals surface area contributed by atoms with Gasteiger partial charge in [-0.1, -0.05) is 13.3 Å². The van der Waals surface area contributed by atoms with E-state index in [4.69, 9.17) is 14.6 Å². The van der Waals surface area contributed by atoms with Crippen molar-refractivity contribution in [3.8, 4) is 0 Å². The monoisotopic (exact) mass is 424 g/mol. The van der Waals surface area contributed by atoms with Gasteiger partial charge in [0.05, 0.1) is 18.1 Å². The van der Waals surface area contributed by atoms with Crippen LogP contribution >= 0.6 is 0 Å². The third kappa shape index (κ3) is 3.62. The Bertz CT molecular complexity index is 685. The van der Waals surface area contributed by atoms with Gasteiger partial charge >= 0.3 is 5.97 Å². The molecule has 0 aromatic heterocycles. The second-order valence-corrected chi connectivity index (χ2v) is 9.14. The molecule has 8 nitrogen and oxygen atoms in total. The summed E-state index contributed by atoms with van der Waals surface area (Å²) in [4.78, 5) is 41.4. The molecule has 3 aliphatic heterocycles. The van der Waals surface area contributed by atoms with Crippen molar-refractivity contribution in [1.29, 1.82) is 0 Å². The summed E-state index contributed by atoms with van der Waals surface area (Å²) in [7, 11) is 0. The molecule has 0 aliphatic carbocycles. The van der Waals surface area contributed by atoms with E-state index < -0.39 is 35.0 Å². The number of likely N-dealkylation sites (tertiary alicyclic amines) is 1. The van der Waals surface area contributed by atoms with Gasteiger partial charge < -0.3 is 24.8 Å². The zero-order valence-corrected chi connectivity index (χ0v) is 18.6. The van der Waals surface area contributed by atoms with E-state index in [0.29, 0.717) is 32.2 Å². The molecule has 6 atom stereocenters. The highest BCUT2D eigenvalue weighted by Gasteiger charge is 2.78. The Morgan fingerprint density at radius 3 is 2.70 bits per heavy atom. The van der Waals surface area contributed by atoms with Gasteiger partial charge in [0, 0.05) is 19.2 Å². The smallest absolute Gasteiger partial charge is 0.312 e. The van der Waals surface area contributed by atoms with Crippen molar-refractivity contribution >= 4 is 17.8 Å². The van der Waals surface area contributed by atoms with Crippen molar-refractivity contribution in [2.24, 2.45) is 11.8 Å². The highest BCUT2D eigenvalue weighted by Crippen LogP contribution is 2.63. The van der Waals surface area contributed by atoms with Crippen LogP contribution in [0, 0.1) is 11.8 Å². The van der Waals surface area contributed by atoms with E-state index >= 15 is 0 Å². The Labute approximate surface area is 178 Å². The molecule has 2 bridgehead atoms. The third-order valence-electron chi connectivity index (χ3n) is 6.98. The number of hydrogen-bond acceptors (Lipinski definition) is 6. The van der Waals surface area contributed by atoms with Gasteiger partial charge in [-0.15, -0.1) is 0 Å². The molecule has 30 heavy (non-hydrogen) atoms. The van der Waals surface area contributed by atoms with Crippen molar-refractivity contribution in [1.82, 2.24) is 10.2 Å². The minimum atomic E-state index is -1.00. The largest absolute Gasteiger partial charge is 0.466 e. The van der Waals surface area contributed by atoms with Crippen LogP contribution in [0.15, 0.2) is 0 Å². The number of nitrogens with one attached hydrogen (secondary N) is 1.